The number of nitrogens with zero attached hydrogens (tertiary/aromatic N) is 2. The first-order valence-electron chi connectivity index (χ1n) is 3.92. The van der Waals surface area contributed by atoms with E-state index in [0.29, 0.717) is 11.4 Å². The molecule has 0 amide bonds. The van der Waals surface area contributed by atoms with E-state index in [-0.39, 0.29) is 0 Å². The minimum absolute atomic E-state index is 0.610. The molecule has 0 saturated heterocycles. The van der Waals surface area contributed by atoms with E-state index >= 15 is 0 Å². The van der Waals surface area contributed by atoms with Crippen LogP contribution < -0.4 is 4.74 Å². The average Bonchev–Trinajstić information content (AvgIpc) is 2.17. The SMILES string of the molecule is N#Cc1cnc2c(c1)CCCO2. The quantitative estimate of drug-likeness (QED) is 0.574. The third kappa shape index (κ3) is 1.12. The zero-order valence-electron chi connectivity index (χ0n) is 6.58. The molecule has 1 aromatic rings. The van der Waals surface area contributed by atoms with Crippen molar-refractivity contribution in [1.82, 2.24) is 4.98 Å². The molecule has 0 N–H and O–H groups in total. The van der Waals surface area contributed by atoms with Gasteiger partial charge in [0.25, 0.3) is 0 Å². The highest BCUT2D eigenvalue weighted by Crippen LogP contribution is 2.21. The van der Waals surface area contributed by atoms with Crippen LogP contribution in [0.4, 0.5) is 0 Å². The van der Waals surface area contributed by atoms with Crippen LogP contribution >= 0.6 is 0 Å². The first-order valence-corrected chi connectivity index (χ1v) is 3.92. The van der Waals surface area contributed by atoms with Crippen LogP contribution in [0.2, 0.25) is 0 Å². The molecule has 1 aliphatic rings. The van der Waals surface area contributed by atoms with Gasteiger partial charge in [-0.3, -0.25) is 0 Å². The van der Waals surface area contributed by atoms with Gasteiger partial charge in [-0.15, -0.1) is 0 Å². The summed E-state index contributed by atoms with van der Waals surface area (Å²) in [5.74, 6) is 0.695. The molecule has 0 unspecified atom stereocenters. The first kappa shape index (κ1) is 7.11. The second kappa shape index (κ2) is 2.82. The molecule has 0 fully saturated rings. The van der Waals surface area contributed by atoms with Crippen LogP contribution in [-0.4, -0.2) is 11.6 Å². The van der Waals surface area contributed by atoms with Gasteiger partial charge in [-0.05, 0) is 18.9 Å². The van der Waals surface area contributed by atoms with E-state index in [1.807, 2.05) is 6.07 Å². The van der Waals surface area contributed by atoms with Gasteiger partial charge in [-0.1, -0.05) is 0 Å². The molecule has 1 aliphatic heterocycles. The lowest BCUT2D eigenvalue weighted by Gasteiger charge is -2.14. The molecule has 12 heavy (non-hydrogen) atoms. The Hall–Kier alpha value is -1.56. The third-order valence-electron chi connectivity index (χ3n) is 1.88. The lowest BCUT2D eigenvalue weighted by atomic mass is 10.1. The number of aromatic nitrogens is 1. The first-order chi connectivity index (χ1) is 5.90. The maximum absolute atomic E-state index is 8.61. The number of hydrogen-bond acceptors (Lipinski definition) is 3. The van der Waals surface area contributed by atoms with E-state index in [2.05, 4.69) is 11.1 Å². The van der Waals surface area contributed by atoms with Crippen LogP contribution in [-0.2, 0) is 6.42 Å². The Morgan fingerprint density at radius 2 is 2.50 bits per heavy atom. The average molecular weight is 160 g/mol. The van der Waals surface area contributed by atoms with Gasteiger partial charge in [0.2, 0.25) is 5.88 Å². The summed E-state index contributed by atoms with van der Waals surface area (Å²) in [6, 6.07) is 3.91. The van der Waals surface area contributed by atoms with E-state index in [1.54, 1.807) is 6.20 Å². The summed E-state index contributed by atoms with van der Waals surface area (Å²) in [7, 11) is 0. The van der Waals surface area contributed by atoms with Gasteiger partial charge in [0.1, 0.15) is 6.07 Å². The molecule has 0 atom stereocenters. The predicted octanol–water partition coefficient (Wildman–Crippen LogP) is 1.28. The monoisotopic (exact) mass is 160 g/mol. The maximum Gasteiger partial charge on any atom is 0.216 e. The van der Waals surface area contributed by atoms with Gasteiger partial charge >= 0.3 is 0 Å². The smallest absolute Gasteiger partial charge is 0.216 e. The topological polar surface area (TPSA) is 45.9 Å². The van der Waals surface area contributed by atoms with Gasteiger partial charge in [0.15, 0.2) is 0 Å². The van der Waals surface area contributed by atoms with Crippen LogP contribution in [0.1, 0.15) is 17.5 Å². The van der Waals surface area contributed by atoms with Crippen LogP contribution in [0.15, 0.2) is 12.3 Å². The van der Waals surface area contributed by atoms with E-state index in [0.717, 1.165) is 25.0 Å². The molecule has 0 radical (unpaired) electrons. The zero-order chi connectivity index (χ0) is 8.39. The van der Waals surface area contributed by atoms with Crippen molar-refractivity contribution >= 4 is 0 Å². The van der Waals surface area contributed by atoms with Crippen molar-refractivity contribution in [3.8, 4) is 11.9 Å². The highest BCUT2D eigenvalue weighted by atomic mass is 16.5. The molecule has 0 aliphatic carbocycles. The molecular weight excluding hydrogens is 152 g/mol. The van der Waals surface area contributed by atoms with Gasteiger partial charge in [0.05, 0.1) is 12.2 Å². The van der Waals surface area contributed by atoms with Gasteiger partial charge in [-0.25, -0.2) is 4.98 Å². The molecule has 3 nitrogen and oxygen atoms in total. The molecule has 0 bridgehead atoms. The molecule has 0 spiro atoms. The van der Waals surface area contributed by atoms with Gasteiger partial charge < -0.3 is 4.74 Å². The van der Waals surface area contributed by atoms with Crippen LogP contribution in [0.25, 0.3) is 0 Å². The molecule has 0 saturated carbocycles. The number of fused-ring (bicyclic) bond motifs is 1. The van der Waals surface area contributed by atoms with Crippen molar-refractivity contribution in [2.75, 3.05) is 6.61 Å². The Labute approximate surface area is 70.6 Å². The Balaban J connectivity index is 2.44. The molecule has 2 rings (SSSR count). The lowest BCUT2D eigenvalue weighted by molar-refractivity contribution is 0.276. The van der Waals surface area contributed by atoms with Crippen molar-refractivity contribution < 1.29 is 4.74 Å². The molecule has 3 heteroatoms. The zero-order valence-corrected chi connectivity index (χ0v) is 6.58. The standard InChI is InChI=1S/C9H8N2O/c10-5-7-4-8-2-1-3-12-9(8)11-6-7/h4,6H,1-3H2. The summed E-state index contributed by atoms with van der Waals surface area (Å²) in [4.78, 5) is 4.05. The molecule has 1 aromatic heterocycles. The second-order valence-electron chi connectivity index (χ2n) is 2.75. The fraction of sp³-hybridized carbons (Fsp3) is 0.333. The van der Waals surface area contributed by atoms with E-state index in [1.165, 1.54) is 0 Å². The Kier molecular flexibility index (Phi) is 1.67. The number of hydrogen-bond donors (Lipinski definition) is 0. The van der Waals surface area contributed by atoms with Crippen molar-refractivity contribution in [3.05, 3.63) is 23.4 Å². The summed E-state index contributed by atoms with van der Waals surface area (Å²) in [5, 5.41) is 8.61. The van der Waals surface area contributed by atoms with Crippen LogP contribution in [0.3, 0.4) is 0 Å². The molecule has 2 heterocycles. The summed E-state index contributed by atoms with van der Waals surface area (Å²) >= 11 is 0. The van der Waals surface area contributed by atoms with Gasteiger partial charge in [0, 0.05) is 11.8 Å². The number of aryl methyl sites for hydroxylation is 1. The predicted molar refractivity (Wildman–Crippen MR) is 42.8 cm³/mol. The highest BCUT2D eigenvalue weighted by Gasteiger charge is 2.11. The van der Waals surface area contributed by atoms with Crippen LogP contribution in [0.5, 0.6) is 5.88 Å². The summed E-state index contributed by atoms with van der Waals surface area (Å²) in [5.41, 5.74) is 1.67. The number of rotatable bonds is 0. The minimum Gasteiger partial charge on any atom is -0.477 e. The van der Waals surface area contributed by atoms with Crippen LogP contribution in [0, 0.1) is 11.3 Å². The Morgan fingerprint density at radius 3 is 3.33 bits per heavy atom. The number of nitriles is 1. The summed E-state index contributed by atoms with van der Waals surface area (Å²) < 4.78 is 5.30. The maximum atomic E-state index is 8.61. The summed E-state index contributed by atoms with van der Waals surface area (Å²) in [6.07, 6.45) is 3.53. The van der Waals surface area contributed by atoms with Crippen molar-refractivity contribution in [1.29, 1.82) is 5.26 Å². The minimum atomic E-state index is 0.610. The lowest BCUT2D eigenvalue weighted by Crippen LogP contribution is -2.09. The highest BCUT2D eigenvalue weighted by molar-refractivity contribution is 5.36. The molecular formula is C9H8N2O. The van der Waals surface area contributed by atoms with Crippen molar-refractivity contribution in [2.24, 2.45) is 0 Å². The van der Waals surface area contributed by atoms with Gasteiger partial charge in [-0.2, -0.15) is 5.26 Å². The number of pyridine rings is 1. The Bertz CT molecular complexity index is 341. The fourth-order valence-electron chi connectivity index (χ4n) is 1.30. The van der Waals surface area contributed by atoms with E-state index in [4.69, 9.17) is 10.00 Å². The van der Waals surface area contributed by atoms with E-state index < -0.39 is 0 Å². The largest absolute Gasteiger partial charge is 0.477 e. The fourth-order valence-corrected chi connectivity index (χ4v) is 1.30. The Morgan fingerprint density at radius 1 is 1.58 bits per heavy atom. The third-order valence-corrected chi connectivity index (χ3v) is 1.88. The summed E-state index contributed by atoms with van der Waals surface area (Å²) in [6.45, 7) is 0.742. The number of ether oxygens (including phenoxy) is 1. The molecule has 60 valence electrons. The van der Waals surface area contributed by atoms with Crippen molar-refractivity contribution in [2.45, 2.75) is 12.8 Å². The van der Waals surface area contributed by atoms with E-state index in [9.17, 15) is 0 Å². The molecule has 0 aromatic carbocycles. The van der Waals surface area contributed by atoms with Crippen molar-refractivity contribution in [3.63, 3.8) is 0 Å². The normalized spacial score (nSPS) is 14.2. The second-order valence-corrected chi connectivity index (χ2v) is 2.75.